The Hall–Kier alpha value is -6.92. The molecule has 10 aromatic rings. The molecule has 4 heterocycles. The first-order valence-corrected chi connectivity index (χ1v) is 16.6. The molecule has 0 aliphatic heterocycles. The minimum absolute atomic E-state index is 0.578. The molecular weight excluding hydrogens is 615 g/mol. The van der Waals surface area contributed by atoms with E-state index in [1.54, 1.807) is 0 Å². The topological polar surface area (TPSA) is 69.6 Å². The third-order valence-electron chi connectivity index (χ3n) is 9.23. The maximum absolute atomic E-state index is 6.94. The zero-order chi connectivity index (χ0) is 33.0. The quantitative estimate of drug-likeness (QED) is 0.187. The maximum atomic E-state index is 6.94. The van der Waals surface area contributed by atoms with Gasteiger partial charge in [0.05, 0.1) is 22.1 Å². The molecule has 0 aliphatic rings. The lowest BCUT2D eigenvalue weighted by Crippen LogP contribution is -2.00. The molecule has 234 valence electrons. The zero-order valence-corrected chi connectivity index (χ0v) is 26.7. The van der Waals surface area contributed by atoms with E-state index in [0.717, 1.165) is 77.5 Å². The highest BCUT2D eigenvalue weighted by Crippen LogP contribution is 2.44. The fraction of sp³-hybridized carbons (Fsp3) is 0. The number of fused-ring (bicyclic) bond motifs is 7. The summed E-state index contributed by atoms with van der Waals surface area (Å²) < 4.78 is 9.24. The molecule has 0 bridgehead atoms. The summed E-state index contributed by atoms with van der Waals surface area (Å²) in [7, 11) is 0. The monoisotopic (exact) mass is 641 g/mol. The molecule has 0 radical (unpaired) electrons. The molecule has 0 saturated heterocycles. The molecule has 6 aromatic carbocycles. The van der Waals surface area contributed by atoms with Crippen molar-refractivity contribution in [3.63, 3.8) is 0 Å². The SMILES string of the molecule is c1ccc(-c2nc(-c3ccccc3)nc(-c3ccc4c(c3)nc(-c3ccccc3)c3c4oc4c5ccccc5n(-c5ccccc5)c43)n2)cc1. The summed E-state index contributed by atoms with van der Waals surface area (Å²) in [5, 5.41) is 2.95. The standard InChI is InChI=1S/C44H27N5O/c1-5-15-28(16-6-1)38-37-39-41(34-23-13-14-24-36(34)49(39)32-21-11-4-12-22-32)50-40(37)33-26-25-31(27-35(33)45-38)44-47-42(29-17-7-2-8-18-29)46-43(48-44)30-19-9-3-10-20-30/h1-27H. The van der Waals surface area contributed by atoms with E-state index in [1.807, 2.05) is 72.8 Å². The van der Waals surface area contributed by atoms with Gasteiger partial charge in [0.1, 0.15) is 11.1 Å². The summed E-state index contributed by atoms with van der Waals surface area (Å²) in [6, 6.07) is 55.5. The predicted octanol–water partition coefficient (Wildman–Crippen LogP) is 10.9. The molecule has 0 unspecified atom stereocenters. The van der Waals surface area contributed by atoms with Crippen molar-refractivity contribution in [2.45, 2.75) is 0 Å². The van der Waals surface area contributed by atoms with Crippen LogP contribution in [-0.4, -0.2) is 24.5 Å². The number of benzene rings is 6. The van der Waals surface area contributed by atoms with E-state index in [1.165, 1.54) is 0 Å². The van der Waals surface area contributed by atoms with Crippen molar-refractivity contribution in [1.82, 2.24) is 24.5 Å². The van der Waals surface area contributed by atoms with Crippen molar-refractivity contribution >= 4 is 43.9 Å². The number of para-hydroxylation sites is 2. The number of hydrogen-bond acceptors (Lipinski definition) is 5. The van der Waals surface area contributed by atoms with Gasteiger partial charge in [-0.1, -0.05) is 127 Å². The molecule has 6 heteroatoms. The maximum Gasteiger partial charge on any atom is 0.164 e. The minimum Gasteiger partial charge on any atom is -0.453 e. The normalized spacial score (nSPS) is 11.6. The molecule has 0 spiro atoms. The third-order valence-corrected chi connectivity index (χ3v) is 9.23. The van der Waals surface area contributed by atoms with Gasteiger partial charge in [-0.25, -0.2) is 19.9 Å². The number of aromatic nitrogens is 5. The van der Waals surface area contributed by atoms with Crippen LogP contribution in [0.1, 0.15) is 0 Å². The van der Waals surface area contributed by atoms with E-state index in [9.17, 15) is 0 Å². The molecule has 10 rings (SSSR count). The third kappa shape index (κ3) is 4.50. The van der Waals surface area contributed by atoms with Crippen LogP contribution in [0.15, 0.2) is 168 Å². The lowest BCUT2D eigenvalue weighted by Gasteiger charge is -2.11. The highest BCUT2D eigenvalue weighted by Gasteiger charge is 2.25. The first-order valence-electron chi connectivity index (χ1n) is 16.6. The molecule has 0 fully saturated rings. The Morgan fingerprint density at radius 3 is 1.60 bits per heavy atom. The first kappa shape index (κ1) is 28.1. The number of pyridine rings is 1. The van der Waals surface area contributed by atoms with Gasteiger partial charge >= 0.3 is 0 Å². The second-order valence-electron chi connectivity index (χ2n) is 12.3. The molecule has 0 saturated carbocycles. The lowest BCUT2D eigenvalue weighted by atomic mass is 10.0. The van der Waals surface area contributed by atoms with E-state index in [-0.39, 0.29) is 0 Å². The van der Waals surface area contributed by atoms with Crippen LogP contribution < -0.4 is 0 Å². The van der Waals surface area contributed by atoms with Crippen molar-refractivity contribution in [2.75, 3.05) is 0 Å². The van der Waals surface area contributed by atoms with Gasteiger partial charge in [0.25, 0.3) is 0 Å². The Morgan fingerprint density at radius 1 is 0.420 bits per heavy atom. The van der Waals surface area contributed by atoms with Crippen LogP contribution in [0.4, 0.5) is 0 Å². The van der Waals surface area contributed by atoms with Crippen LogP contribution in [0.3, 0.4) is 0 Å². The van der Waals surface area contributed by atoms with E-state index in [0.29, 0.717) is 17.5 Å². The second kappa shape index (κ2) is 11.4. The Bertz CT molecular complexity index is 2790. The molecule has 0 atom stereocenters. The average Bonchev–Trinajstić information content (AvgIpc) is 3.74. The lowest BCUT2D eigenvalue weighted by molar-refractivity contribution is 0.676. The summed E-state index contributed by atoms with van der Waals surface area (Å²) in [6.45, 7) is 0. The van der Waals surface area contributed by atoms with Crippen LogP contribution in [0.5, 0.6) is 0 Å². The van der Waals surface area contributed by atoms with Crippen molar-refractivity contribution in [2.24, 2.45) is 0 Å². The van der Waals surface area contributed by atoms with Crippen molar-refractivity contribution < 1.29 is 4.42 Å². The molecule has 4 aromatic heterocycles. The van der Waals surface area contributed by atoms with E-state index >= 15 is 0 Å². The van der Waals surface area contributed by atoms with Crippen molar-refractivity contribution in [1.29, 1.82) is 0 Å². The number of hydrogen-bond donors (Lipinski definition) is 0. The Balaban J connectivity index is 1.26. The highest BCUT2D eigenvalue weighted by molar-refractivity contribution is 6.24. The van der Waals surface area contributed by atoms with Gasteiger partial charge in [-0.2, -0.15) is 0 Å². The Kier molecular flexibility index (Phi) is 6.39. The number of rotatable bonds is 5. The minimum atomic E-state index is 0.578. The first-order chi connectivity index (χ1) is 24.8. The molecular formula is C44H27N5O. The molecule has 6 nitrogen and oxygen atoms in total. The van der Waals surface area contributed by atoms with Gasteiger partial charge in [0.2, 0.25) is 0 Å². The molecule has 50 heavy (non-hydrogen) atoms. The van der Waals surface area contributed by atoms with Crippen LogP contribution in [-0.2, 0) is 0 Å². The predicted molar refractivity (Wildman–Crippen MR) is 201 cm³/mol. The number of nitrogens with zero attached hydrogens (tertiary/aromatic N) is 5. The van der Waals surface area contributed by atoms with E-state index in [4.69, 9.17) is 24.4 Å². The van der Waals surface area contributed by atoms with Gasteiger partial charge in [0.15, 0.2) is 23.1 Å². The summed E-state index contributed by atoms with van der Waals surface area (Å²) >= 11 is 0. The number of furan rings is 1. The van der Waals surface area contributed by atoms with Crippen LogP contribution in [0.2, 0.25) is 0 Å². The second-order valence-corrected chi connectivity index (χ2v) is 12.3. The van der Waals surface area contributed by atoms with Crippen LogP contribution >= 0.6 is 0 Å². The molecule has 0 amide bonds. The van der Waals surface area contributed by atoms with Crippen LogP contribution in [0, 0.1) is 0 Å². The van der Waals surface area contributed by atoms with E-state index in [2.05, 4.69) is 95.6 Å². The van der Waals surface area contributed by atoms with Crippen molar-refractivity contribution in [3.8, 4) is 51.1 Å². The summed E-state index contributed by atoms with van der Waals surface area (Å²) in [5.41, 5.74) is 10.1. The summed E-state index contributed by atoms with van der Waals surface area (Å²) in [5.74, 6) is 1.81. The van der Waals surface area contributed by atoms with Crippen molar-refractivity contribution in [3.05, 3.63) is 164 Å². The van der Waals surface area contributed by atoms with Gasteiger partial charge in [-0.15, -0.1) is 0 Å². The molecule has 0 aliphatic carbocycles. The fourth-order valence-corrected chi connectivity index (χ4v) is 6.93. The molecule has 0 N–H and O–H groups in total. The summed E-state index contributed by atoms with van der Waals surface area (Å²) in [6.07, 6.45) is 0. The van der Waals surface area contributed by atoms with Gasteiger partial charge in [-0.05, 0) is 36.4 Å². The highest BCUT2D eigenvalue weighted by atomic mass is 16.3. The smallest absolute Gasteiger partial charge is 0.164 e. The van der Waals surface area contributed by atoms with Gasteiger partial charge in [-0.3, -0.25) is 0 Å². The van der Waals surface area contributed by atoms with Gasteiger partial charge < -0.3 is 8.98 Å². The fourth-order valence-electron chi connectivity index (χ4n) is 6.93. The Morgan fingerprint density at radius 2 is 0.960 bits per heavy atom. The zero-order valence-electron chi connectivity index (χ0n) is 26.7. The largest absolute Gasteiger partial charge is 0.453 e. The Labute approximate surface area is 287 Å². The van der Waals surface area contributed by atoms with E-state index < -0.39 is 0 Å². The average molecular weight is 642 g/mol. The van der Waals surface area contributed by atoms with Gasteiger partial charge in [0, 0.05) is 38.7 Å². The van der Waals surface area contributed by atoms with Crippen LogP contribution in [0.25, 0.3) is 95.0 Å². The summed E-state index contributed by atoms with van der Waals surface area (Å²) in [4.78, 5) is 20.2.